The molecule has 2 heterocycles. The lowest BCUT2D eigenvalue weighted by molar-refractivity contribution is 0.0690. The summed E-state index contributed by atoms with van der Waals surface area (Å²) in [7, 11) is 0. The highest BCUT2D eigenvalue weighted by atomic mass is 32.2. The van der Waals surface area contributed by atoms with E-state index in [-0.39, 0.29) is 5.69 Å². The first-order valence-electron chi connectivity index (χ1n) is 3.67. The van der Waals surface area contributed by atoms with Crippen molar-refractivity contribution in [3.63, 3.8) is 0 Å². The van der Waals surface area contributed by atoms with Gasteiger partial charge < -0.3 is 5.11 Å². The Bertz CT molecular complexity index is 390. The van der Waals surface area contributed by atoms with Crippen molar-refractivity contribution in [2.45, 2.75) is 4.90 Å². The van der Waals surface area contributed by atoms with Gasteiger partial charge in [-0.1, -0.05) is 0 Å². The molecule has 1 aromatic heterocycles. The maximum absolute atomic E-state index is 10.6. The summed E-state index contributed by atoms with van der Waals surface area (Å²) in [6, 6.07) is 3.24. The smallest absolute Gasteiger partial charge is 0.354 e. The first-order chi connectivity index (χ1) is 6.27. The Morgan fingerprint density at radius 2 is 2.38 bits per heavy atom. The van der Waals surface area contributed by atoms with Gasteiger partial charge in [0.2, 0.25) is 0 Å². The number of fused-ring (bicyclic) bond motifs is 1. The first-order valence-corrected chi connectivity index (χ1v) is 4.65. The Morgan fingerprint density at radius 1 is 1.54 bits per heavy atom. The number of aromatic nitrogens is 1. The summed E-state index contributed by atoms with van der Waals surface area (Å²) < 4.78 is 0. The largest absolute Gasteiger partial charge is 0.477 e. The minimum atomic E-state index is -1.02. The van der Waals surface area contributed by atoms with Crippen LogP contribution in [0.5, 0.6) is 0 Å². The average Bonchev–Trinajstić information content (AvgIpc) is 2.17. The SMILES string of the molecule is O=C(O)c1ccc2c(n1)N=CCS2. The van der Waals surface area contributed by atoms with Crippen molar-refractivity contribution in [2.24, 2.45) is 4.99 Å². The molecule has 0 saturated heterocycles. The van der Waals surface area contributed by atoms with E-state index in [1.807, 2.05) is 0 Å². The van der Waals surface area contributed by atoms with Crippen LogP contribution < -0.4 is 0 Å². The number of aromatic carboxylic acids is 1. The van der Waals surface area contributed by atoms with E-state index < -0.39 is 5.97 Å². The quantitative estimate of drug-likeness (QED) is 0.737. The molecule has 4 nitrogen and oxygen atoms in total. The minimum absolute atomic E-state index is 0.0402. The maximum atomic E-state index is 10.6. The predicted octanol–water partition coefficient (Wildman–Crippen LogP) is 1.59. The average molecular weight is 194 g/mol. The lowest BCUT2D eigenvalue weighted by Crippen LogP contribution is -2.01. The van der Waals surface area contributed by atoms with Gasteiger partial charge in [0.25, 0.3) is 0 Å². The molecule has 13 heavy (non-hydrogen) atoms. The van der Waals surface area contributed by atoms with Gasteiger partial charge in [-0.2, -0.15) is 0 Å². The summed E-state index contributed by atoms with van der Waals surface area (Å²) in [5.74, 6) is 0.311. The highest BCUT2D eigenvalue weighted by Crippen LogP contribution is 2.30. The molecule has 0 atom stereocenters. The van der Waals surface area contributed by atoms with E-state index in [9.17, 15) is 4.79 Å². The second-order valence-electron chi connectivity index (χ2n) is 2.45. The molecule has 0 unspecified atom stereocenters. The van der Waals surface area contributed by atoms with Gasteiger partial charge in [0.1, 0.15) is 0 Å². The molecule has 0 aromatic carbocycles. The molecule has 0 aliphatic carbocycles. The van der Waals surface area contributed by atoms with E-state index in [2.05, 4.69) is 9.98 Å². The molecule has 66 valence electrons. The van der Waals surface area contributed by atoms with Gasteiger partial charge in [0.15, 0.2) is 11.5 Å². The van der Waals surface area contributed by atoms with Crippen LogP contribution in [-0.2, 0) is 0 Å². The number of carboxylic acid groups (broad SMARTS) is 1. The zero-order chi connectivity index (χ0) is 9.26. The van der Waals surface area contributed by atoms with Crippen molar-refractivity contribution >= 4 is 29.8 Å². The lowest BCUT2D eigenvalue weighted by atomic mass is 10.3. The summed E-state index contributed by atoms with van der Waals surface area (Å²) >= 11 is 1.60. The molecule has 1 N–H and O–H groups in total. The van der Waals surface area contributed by atoms with Crippen molar-refractivity contribution in [1.29, 1.82) is 0 Å². The fourth-order valence-electron chi connectivity index (χ4n) is 1.01. The van der Waals surface area contributed by atoms with Crippen molar-refractivity contribution in [2.75, 3.05) is 5.75 Å². The number of hydrogen-bond acceptors (Lipinski definition) is 4. The van der Waals surface area contributed by atoms with Crippen LogP contribution in [0.1, 0.15) is 10.5 Å². The van der Waals surface area contributed by atoms with Crippen LogP contribution in [-0.4, -0.2) is 28.0 Å². The zero-order valence-corrected chi connectivity index (χ0v) is 7.41. The van der Waals surface area contributed by atoms with E-state index in [1.165, 1.54) is 6.07 Å². The molecule has 1 aliphatic rings. The van der Waals surface area contributed by atoms with Crippen molar-refractivity contribution < 1.29 is 9.90 Å². The molecule has 5 heteroatoms. The number of carbonyl (C=O) groups is 1. The fraction of sp³-hybridized carbons (Fsp3) is 0.125. The van der Waals surface area contributed by atoms with E-state index in [1.54, 1.807) is 24.0 Å². The molecule has 0 amide bonds. The van der Waals surface area contributed by atoms with Crippen LogP contribution in [0, 0.1) is 0 Å². The number of thioether (sulfide) groups is 1. The number of carboxylic acids is 1. The Morgan fingerprint density at radius 3 is 3.15 bits per heavy atom. The highest BCUT2D eigenvalue weighted by molar-refractivity contribution is 8.00. The molecule has 2 rings (SSSR count). The van der Waals surface area contributed by atoms with E-state index in [0.29, 0.717) is 5.82 Å². The maximum Gasteiger partial charge on any atom is 0.354 e. The summed E-state index contributed by atoms with van der Waals surface area (Å²) in [4.78, 5) is 19.4. The molecular formula is C8H6N2O2S. The lowest BCUT2D eigenvalue weighted by Gasteiger charge is -2.07. The molecular weight excluding hydrogens is 188 g/mol. The zero-order valence-electron chi connectivity index (χ0n) is 6.60. The number of aliphatic imine (C=N–C) groups is 1. The van der Waals surface area contributed by atoms with Gasteiger partial charge in [-0.05, 0) is 12.1 Å². The molecule has 0 bridgehead atoms. The van der Waals surface area contributed by atoms with Crippen LogP contribution in [0.4, 0.5) is 5.82 Å². The van der Waals surface area contributed by atoms with Gasteiger partial charge in [0, 0.05) is 12.0 Å². The standard InChI is InChI=1S/C8H6N2O2S/c11-8(12)5-1-2-6-7(10-5)9-3-4-13-6/h1-3H,4H2,(H,11,12). The summed E-state index contributed by atoms with van der Waals surface area (Å²) in [5, 5.41) is 8.67. The van der Waals surface area contributed by atoms with Gasteiger partial charge in [-0.15, -0.1) is 11.8 Å². The van der Waals surface area contributed by atoms with Gasteiger partial charge in [0.05, 0.1) is 4.90 Å². The number of rotatable bonds is 1. The molecule has 0 spiro atoms. The number of nitrogens with zero attached hydrogens (tertiary/aromatic N) is 2. The molecule has 0 radical (unpaired) electrons. The van der Waals surface area contributed by atoms with Crippen LogP contribution >= 0.6 is 11.8 Å². The monoisotopic (exact) mass is 194 g/mol. The van der Waals surface area contributed by atoms with Crippen molar-refractivity contribution in [3.05, 3.63) is 17.8 Å². The summed E-state index contributed by atoms with van der Waals surface area (Å²) in [5.41, 5.74) is 0.0402. The topological polar surface area (TPSA) is 62.5 Å². The van der Waals surface area contributed by atoms with Crippen molar-refractivity contribution in [3.8, 4) is 0 Å². The van der Waals surface area contributed by atoms with Crippen LogP contribution in [0.3, 0.4) is 0 Å². The van der Waals surface area contributed by atoms with Gasteiger partial charge in [-0.25, -0.2) is 14.8 Å². The summed E-state index contributed by atoms with van der Waals surface area (Å²) in [6.45, 7) is 0. The molecule has 1 aromatic rings. The highest BCUT2D eigenvalue weighted by Gasteiger charge is 2.11. The second kappa shape index (κ2) is 3.18. The van der Waals surface area contributed by atoms with Crippen LogP contribution in [0.15, 0.2) is 22.0 Å². The molecule has 1 aliphatic heterocycles. The van der Waals surface area contributed by atoms with Crippen LogP contribution in [0.25, 0.3) is 0 Å². The Kier molecular flexibility index (Phi) is 2.02. The molecule has 0 fully saturated rings. The Balaban J connectivity index is 2.48. The summed E-state index contributed by atoms with van der Waals surface area (Å²) in [6.07, 6.45) is 1.73. The third-order valence-electron chi connectivity index (χ3n) is 1.59. The number of pyridine rings is 1. The third kappa shape index (κ3) is 1.55. The molecule has 0 saturated carbocycles. The third-order valence-corrected chi connectivity index (χ3v) is 2.53. The van der Waals surface area contributed by atoms with Gasteiger partial charge >= 0.3 is 5.97 Å². The fourth-order valence-corrected chi connectivity index (χ4v) is 1.73. The predicted molar refractivity (Wildman–Crippen MR) is 50.1 cm³/mol. The van der Waals surface area contributed by atoms with Crippen LogP contribution in [0.2, 0.25) is 0 Å². The number of hydrogen-bond donors (Lipinski definition) is 1. The Hall–Kier alpha value is -1.36. The van der Waals surface area contributed by atoms with E-state index in [4.69, 9.17) is 5.11 Å². The van der Waals surface area contributed by atoms with Gasteiger partial charge in [-0.3, -0.25) is 0 Å². The Labute approximate surface area is 78.7 Å². The first kappa shape index (κ1) is 8.25. The second-order valence-corrected chi connectivity index (χ2v) is 3.51. The minimum Gasteiger partial charge on any atom is -0.477 e. The van der Waals surface area contributed by atoms with Crippen molar-refractivity contribution in [1.82, 2.24) is 4.98 Å². The van der Waals surface area contributed by atoms with E-state index in [0.717, 1.165) is 10.6 Å². The van der Waals surface area contributed by atoms with E-state index >= 15 is 0 Å². The normalized spacial score (nSPS) is 13.8.